The molecule has 33 heavy (non-hydrogen) atoms. The maximum atomic E-state index is 13.2. The van der Waals surface area contributed by atoms with Gasteiger partial charge in [0.05, 0.1) is 23.5 Å². The predicted octanol–water partition coefficient (Wildman–Crippen LogP) is 6.08. The van der Waals surface area contributed by atoms with Gasteiger partial charge >= 0.3 is 0 Å². The highest BCUT2D eigenvalue weighted by Crippen LogP contribution is 2.43. The minimum atomic E-state index is -0.920. The first-order chi connectivity index (χ1) is 15.8. The SMILES string of the molecule is CCOc1cc(/C(O)=C2/C(=O)C(=O)N(c3ccc(C(C)C)cc3)C2c2ccco2)ccc1Cl. The van der Waals surface area contributed by atoms with E-state index >= 15 is 0 Å². The number of carbonyl (C=O) groups is 2. The van der Waals surface area contributed by atoms with Gasteiger partial charge in [0.1, 0.15) is 23.3 Å². The summed E-state index contributed by atoms with van der Waals surface area (Å²) in [5.74, 6) is -0.809. The van der Waals surface area contributed by atoms with Crippen LogP contribution < -0.4 is 9.64 Å². The Morgan fingerprint density at radius 1 is 1.15 bits per heavy atom. The zero-order valence-corrected chi connectivity index (χ0v) is 19.3. The number of ketones is 1. The summed E-state index contributed by atoms with van der Waals surface area (Å²) in [6.45, 7) is 6.35. The summed E-state index contributed by atoms with van der Waals surface area (Å²) in [5, 5.41) is 11.6. The van der Waals surface area contributed by atoms with Gasteiger partial charge in [0.15, 0.2) is 0 Å². The van der Waals surface area contributed by atoms with E-state index in [1.807, 2.05) is 19.1 Å². The van der Waals surface area contributed by atoms with Crippen LogP contribution in [0.4, 0.5) is 5.69 Å². The Bertz CT molecular complexity index is 1210. The van der Waals surface area contributed by atoms with Crippen LogP contribution in [0.5, 0.6) is 5.75 Å². The van der Waals surface area contributed by atoms with Crippen molar-refractivity contribution >= 4 is 34.7 Å². The molecule has 1 atom stereocenters. The zero-order valence-electron chi connectivity index (χ0n) is 18.5. The van der Waals surface area contributed by atoms with Crippen LogP contribution in [0.1, 0.15) is 49.6 Å². The second-order valence-corrected chi connectivity index (χ2v) is 8.42. The molecule has 170 valence electrons. The Morgan fingerprint density at radius 3 is 2.48 bits per heavy atom. The Morgan fingerprint density at radius 2 is 1.88 bits per heavy atom. The summed E-state index contributed by atoms with van der Waals surface area (Å²) < 4.78 is 11.1. The fraction of sp³-hybridized carbons (Fsp3) is 0.231. The van der Waals surface area contributed by atoms with E-state index in [-0.39, 0.29) is 11.3 Å². The quantitative estimate of drug-likeness (QED) is 0.271. The van der Waals surface area contributed by atoms with Crippen molar-refractivity contribution in [1.29, 1.82) is 0 Å². The molecule has 2 heterocycles. The number of furan rings is 1. The van der Waals surface area contributed by atoms with E-state index in [0.717, 1.165) is 5.56 Å². The minimum Gasteiger partial charge on any atom is -0.507 e. The van der Waals surface area contributed by atoms with Crippen LogP contribution in [-0.2, 0) is 9.59 Å². The molecule has 1 N–H and O–H groups in total. The topological polar surface area (TPSA) is 80.0 Å². The van der Waals surface area contributed by atoms with Gasteiger partial charge in [-0.25, -0.2) is 0 Å². The van der Waals surface area contributed by atoms with Crippen LogP contribution >= 0.6 is 11.6 Å². The lowest BCUT2D eigenvalue weighted by molar-refractivity contribution is -0.132. The fourth-order valence-electron chi connectivity index (χ4n) is 3.91. The summed E-state index contributed by atoms with van der Waals surface area (Å²) in [6, 6.07) is 14.6. The van der Waals surface area contributed by atoms with E-state index < -0.39 is 17.7 Å². The third-order valence-electron chi connectivity index (χ3n) is 5.60. The lowest BCUT2D eigenvalue weighted by Crippen LogP contribution is -2.29. The first kappa shape index (κ1) is 22.7. The molecule has 0 aliphatic carbocycles. The van der Waals surface area contributed by atoms with Crippen molar-refractivity contribution in [3.63, 3.8) is 0 Å². The van der Waals surface area contributed by atoms with Gasteiger partial charge in [0.25, 0.3) is 11.7 Å². The molecule has 1 aliphatic heterocycles. The number of aliphatic hydroxyl groups is 1. The molecule has 4 rings (SSSR count). The van der Waals surface area contributed by atoms with E-state index in [4.69, 9.17) is 20.8 Å². The second kappa shape index (κ2) is 9.16. The van der Waals surface area contributed by atoms with Crippen LogP contribution in [0.2, 0.25) is 5.02 Å². The molecule has 7 heteroatoms. The molecule has 2 aromatic carbocycles. The van der Waals surface area contributed by atoms with Crippen LogP contribution in [0, 0.1) is 0 Å². The smallest absolute Gasteiger partial charge is 0.300 e. The molecule has 6 nitrogen and oxygen atoms in total. The first-order valence-electron chi connectivity index (χ1n) is 10.7. The van der Waals surface area contributed by atoms with Gasteiger partial charge in [0, 0.05) is 11.3 Å². The summed E-state index contributed by atoms with van der Waals surface area (Å²) in [4.78, 5) is 27.7. The van der Waals surface area contributed by atoms with Crippen LogP contribution in [0.15, 0.2) is 70.9 Å². The number of benzene rings is 2. The lowest BCUT2D eigenvalue weighted by atomic mass is 9.98. The van der Waals surface area contributed by atoms with Gasteiger partial charge in [-0.15, -0.1) is 0 Å². The van der Waals surface area contributed by atoms with Crippen molar-refractivity contribution in [2.24, 2.45) is 0 Å². The fourth-order valence-corrected chi connectivity index (χ4v) is 4.08. The largest absolute Gasteiger partial charge is 0.507 e. The van der Waals surface area contributed by atoms with Gasteiger partial charge in [-0.2, -0.15) is 0 Å². The van der Waals surface area contributed by atoms with Crippen molar-refractivity contribution in [2.45, 2.75) is 32.7 Å². The van der Waals surface area contributed by atoms with E-state index in [1.54, 1.807) is 42.5 Å². The number of amides is 1. The summed E-state index contributed by atoms with van der Waals surface area (Å²) >= 11 is 6.17. The minimum absolute atomic E-state index is 0.0624. The number of nitrogens with zero attached hydrogens (tertiary/aromatic N) is 1. The van der Waals surface area contributed by atoms with E-state index in [9.17, 15) is 14.7 Å². The van der Waals surface area contributed by atoms with E-state index in [0.29, 0.717) is 40.3 Å². The molecule has 1 fully saturated rings. The molecule has 3 aromatic rings. The van der Waals surface area contributed by atoms with E-state index in [2.05, 4.69) is 13.8 Å². The number of hydrogen-bond acceptors (Lipinski definition) is 5. The summed E-state index contributed by atoms with van der Waals surface area (Å²) in [6.07, 6.45) is 1.47. The number of rotatable bonds is 6. The molecule has 0 saturated carbocycles. The number of carbonyl (C=O) groups excluding carboxylic acids is 2. The number of aliphatic hydroxyl groups excluding tert-OH is 1. The van der Waals surface area contributed by atoms with Crippen LogP contribution in [0.3, 0.4) is 0 Å². The molecular weight excluding hydrogens is 442 g/mol. The zero-order chi connectivity index (χ0) is 23.7. The molecule has 1 amide bonds. The third kappa shape index (κ3) is 4.14. The second-order valence-electron chi connectivity index (χ2n) is 8.01. The Balaban J connectivity index is 1.86. The average molecular weight is 466 g/mol. The normalized spacial score (nSPS) is 17.7. The van der Waals surface area contributed by atoms with Gasteiger partial charge in [0.2, 0.25) is 0 Å². The monoisotopic (exact) mass is 465 g/mol. The molecule has 0 spiro atoms. The van der Waals surface area contributed by atoms with Crippen LogP contribution in [0.25, 0.3) is 5.76 Å². The number of hydrogen-bond donors (Lipinski definition) is 1. The number of anilines is 1. The van der Waals surface area contributed by atoms with Crippen molar-refractivity contribution in [3.05, 3.63) is 88.3 Å². The number of ether oxygens (including phenoxy) is 1. The maximum absolute atomic E-state index is 13.2. The van der Waals surface area contributed by atoms with Crippen molar-refractivity contribution in [3.8, 4) is 5.75 Å². The number of Topliss-reactive ketones (excluding diaryl/α,β-unsaturated/α-hetero) is 1. The maximum Gasteiger partial charge on any atom is 0.300 e. The number of halogens is 1. The highest BCUT2D eigenvalue weighted by atomic mass is 35.5. The molecule has 1 saturated heterocycles. The van der Waals surface area contributed by atoms with Gasteiger partial charge in [-0.1, -0.05) is 37.6 Å². The highest BCUT2D eigenvalue weighted by Gasteiger charge is 2.48. The summed E-state index contributed by atoms with van der Waals surface area (Å²) in [5.41, 5.74) is 1.89. The highest BCUT2D eigenvalue weighted by molar-refractivity contribution is 6.51. The van der Waals surface area contributed by atoms with Gasteiger partial charge < -0.3 is 14.3 Å². The Kier molecular flexibility index (Phi) is 6.29. The molecule has 1 aliphatic rings. The van der Waals surface area contributed by atoms with Gasteiger partial charge in [-0.3, -0.25) is 14.5 Å². The third-order valence-corrected chi connectivity index (χ3v) is 5.91. The summed E-state index contributed by atoms with van der Waals surface area (Å²) in [7, 11) is 0. The molecule has 1 unspecified atom stereocenters. The molecule has 1 aromatic heterocycles. The Labute approximate surface area is 197 Å². The lowest BCUT2D eigenvalue weighted by Gasteiger charge is -2.24. The van der Waals surface area contributed by atoms with Gasteiger partial charge in [-0.05, 0) is 60.9 Å². The van der Waals surface area contributed by atoms with Crippen molar-refractivity contribution in [2.75, 3.05) is 11.5 Å². The molecular formula is C26H24ClNO5. The van der Waals surface area contributed by atoms with E-state index in [1.165, 1.54) is 11.2 Å². The van der Waals surface area contributed by atoms with Crippen molar-refractivity contribution in [1.82, 2.24) is 0 Å². The standard InChI is InChI=1S/C26H24ClNO5/c1-4-32-21-14-17(9-12-19(21)27)24(29)22-23(20-6-5-13-33-20)28(26(31)25(22)30)18-10-7-16(8-11-18)15(2)3/h5-15,23,29H,4H2,1-3H3/b24-22-. The Hall–Kier alpha value is -3.51. The average Bonchev–Trinajstić information content (AvgIpc) is 3.42. The predicted molar refractivity (Wildman–Crippen MR) is 127 cm³/mol. The van der Waals surface area contributed by atoms with Crippen LogP contribution in [-0.4, -0.2) is 23.4 Å². The molecule has 0 radical (unpaired) electrons. The van der Waals surface area contributed by atoms with Crippen molar-refractivity contribution < 1.29 is 23.8 Å². The molecule has 0 bridgehead atoms. The first-order valence-corrected chi connectivity index (χ1v) is 11.1.